The Balaban J connectivity index is 1.44. The lowest BCUT2D eigenvalue weighted by Crippen LogP contribution is -2.79. The Labute approximate surface area is 295 Å². The molecule has 10 nitrogen and oxygen atoms in total. The van der Waals surface area contributed by atoms with E-state index in [4.69, 9.17) is 37.4 Å². The van der Waals surface area contributed by atoms with Crippen molar-refractivity contribution in [3.05, 3.63) is 74.9 Å². The van der Waals surface area contributed by atoms with E-state index in [0.29, 0.717) is 49.5 Å². The molecule has 0 unspecified atom stereocenters. The van der Waals surface area contributed by atoms with Gasteiger partial charge >= 0.3 is 18.8 Å². The summed E-state index contributed by atoms with van der Waals surface area (Å²) in [6, 6.07) is 6.19. The zero-order valence-corrected chi connectivity index (χ0v) is 28.8. The van der Waals surface area contributed by atoms with Crippen molar-refractivity contribution in [2.24, 2.45) is 5.92 Å². The van der Waals surface area contributed by atoms with Crippen LogP contribution < -0.4 is 19.5 Å². The van der Waals surface area contributed by atoms with Crippen LogP contribution in [-0.2, 0) is 25.7 Å². The van der Waals surface area contributed by atoms with Crippen LogP contribution in [0.1, 0.15) is 46.9 Å². The molecule has 0 amide bonds. The number of alkyl halides is 5. The monoisotopic (exact) mass is 770 g/mol. The fourth-order valence-electron chi connectivity index (χ4n) is 5.26. The molecular weight excluding hydrogens is 736 g/mol. The van der Waals surface area contributed by atoms with Crippen molar-refractivity contribution in [2.45, 2.75) is 38.2 Å². The maximum absolute atomic E-state index is 14.0. The summed E-state index contributed by atoms with van der Waals surface area (Å²) >= 11 is 12.9. The van der Waals surface area contributed by atoms with Gasteiger partial charge in [0, 0.05) is 31.6 Å². The number of quaternary nitrogens is 1. The first-order chi connectivity index (χ1) is 23.7. The molecule has 3 aliphatic rings. The number of nitrogens with two attached hydrogens (primary N) is 1. The summed E-state index contributed by atoms with van der Waals surface area (Å²) in [6.45, 7) is -0.747. The second-order valence-corrected chi connectivity index (χ2v) is 14.6. The van der Waals surface area contributed by atoms with Gasteiger partial charge in [-0.05, 0) is 54.7 Å². The Hall–Kier alpha value is -3.15. The van der Waals surface area contributed by atoms with E-state index >= 15 is 0 Å². The molecule has 3 N–H and O–H groups in total. The first-order valence-electron chi connectivity index (χ1n) is 15.7. The Kier molecular flexibility index (Phi) is 12.5. The van der Waals surface area contributed by atoms with Gasteiger partial charge in [-0.15, -0.1) is 0 Å². The maximum Gasteiger partial charge on any atom is 0.418 e. The average molecular weight is 772 g/mol. The van der Waals surface area contributed by atoms with Crippen LogP contribution in [-0.4, -0.2) is 77.7 Å². The number of hydrogen-bond acceptors (Lipinski definition) is 8. The minimum absolute atomic E-state index is 0.0299. The van der Waals surface area contributed by atoms with Crippen LogP contribution in [0.4, 0.5) is 27.6 Å². The molecule has 0 bridgehead atoms. The lowest BCUT2D eigenvalue weighted by atomic mass is 9.99. The van der Waals surface area contributed by atoms with Crippen molar-refractivity contribution in [1.29, 1.82) is 0 Å². The fourth-order valence-corrected chi connectivity index (χ4v) is 6.96. The second-order valence-electron chi connectivity index (χ2n) is 11.9. The molecule has 0 spiro atoms. The van der Waals surface area contributed by atoms with Gasteiger partial charge in [0.15, 0.2) is 11.5 Å². The number of allylic oxidation sites excluding steroid dienone is 1. The summed E-state index contributed by atoms with van der Waals surface area (Å²) in [4.78, 5) is 15.4. The molecule has 2 aromatic carbocycles. The normalized spacial score (nSPS) is 18.1. The second kappa shape index (κ2) is 16.5. The van der Waals surface area contributed by atoms with Crippen molar-refractivity contribution >= 4 is 44.9 Å². The number of morpholine rings is 1. The number of nitrogens with one attached hydrogen (secondary N) is 1. The van der Waals surface area contributed by atoms with Crippen molar-refractivity contribution < 1.29 is 59.4 Å². The number of benzene rings is 2. The molecule has 2 aliphatic heterocycles. The number of rotatable bonds is 15. The van der Waals surface area contributed by atoms with Gasteiger partial charge in [0.05, 0.1) is 52.5 Å². The highest BCUT2D eigenvalue weighted by Crippen LogP contribution is 2.40. The molecule has 1 saturated heterocycles. The predicted octanol–water partition coefficient (Wildman–Crippen LogP) is 5.61. The van der Waals surface area contributed by atoms with Crippen LogP contribution in [0.5, 0.6) is 11.5 Å². The van der Waals surface area contributed by atoms with Crippen LogP contribution in [0, 0.1) is 5.92 Å². The molecule has 274 valence electrons. The smallest absolute Gasteiger partial charge is 0.418 e. The summed E-state index contributed by atoms with van der Waals surface area (Å²) in [6.07, 6.45) is -2.83. The van der Waals surface area contributed by atoms with Gasteiger partial charge in [0.1, 0.15) is 18.8 Å². The highest BCUT2D eigenvalue weighted by Gasteiger charge is 2.36. The maximum atomic E-state index is 14.0. The van der Waals surface area contributed by atoms with Gasteiger partial charge < -0.3 is 24.3 Å². The average Bonchev–Trinajstić information content (AvgIpc) is 3.89. The molecule has 1 atom stereocenters. The van der Waals surface area contributed by atoms with Crippen LogP contribution in [0.3, 0.4) is 0 Å². The zero-order chi connectivity index (χ0) is 36.1. The Bertz CT molecular complexity index is 1720. The number of carbonyl (C=O) groups excluding carboxylic acids is 1. The molecule has 5 rings (SSSR count). The quantitative estimate of drug-likeness (QED) is 0.177. The molecule has 1 aliphatic carbocycles. The SMILES string of the molecule is O=C(O[C@@H](CC1=C(Cl)C[NH2+]C=C1Cl)c1ccc(OC(F)F)c(OCC2CC2)c1)c1ccc(C(F)(F)F)c(NS(=O)(=O)CCN2CCOCC2)c1. The van der Waals surface area contributed by atoms with Gasteiger partial charge in [-0.1, -0.05) is 29.3 Å². The largest absolute Gasteiger partial charge is 0.489 e. The minimum Gasteiger partial charge on any atom is -0.489 e. The van der Waals surface area contributed by atoms with Gasteiger partial charge in [-0.3, -0.25) is 9.62 Å². The molecule has 50 heavy (non-hydrogen) atoms. The molecule has 2 aromatic rings. The molecule has 0 radical (unpaired) electrons. The summed E-state index contributed by atoms with van der Waals surface area (Å²) in [5, 5.41) is 2.33. The van der Waals surface area contributed by atoms with Gasteiger partial charge in [0.2, 0.25) is 10.0 Å². The van der Waals surface area contributed by atoms with Crippen LogP contribution >= 0.6 is 23.2 Å². The van der Waals surface area contributed by atoms with Gasteiger partial charge in [-0.2, -0.15) is 22.0 Å². The first-order valence-corrected chi connectivity index (χ1v) is 18.1. The number of anilines is 1. The molecular formula is C32H35Cl2F5N3O7S+. The third-order valence-corrected chi connectivity index (χ3v) is 10.1. The third kappa shape index (κ3) is 10.7. The predicted molar refractivity (Wildman–Crippen MR) is 174 cm³/mol. The zero-order valence-electron chi connectivity index (χ0n) is 26.5. The number of nitrogens with zero attached hydrogens (tertiary/aromatic N) is 1. The van der Waals surface area contributed by atoms with Crippen molar-refractivity contribution in [1.82, 2.24) is 4.90 Å². The Morgan fingerprint density at radius 3 is 2.48 bits per heavy atom. The van der Waals surface area contributed by atoms with E-state index in [9.17, 15) is 35.2 Å². The first kappa shape index (κ1) is 38.1. The molecule has 18 heteroatoms. The summed E-state index contributed by atoms with van der Waals surface area (Å²) in [5.41, 5.74) is -1.87. The standard InChI is InChI=1S/C32H34Cl2F5N3O7S/c33-24-16-40-17-25(34)22(24)15-28(20-4-6-27(49-31(35)36)29(14-20)47-18-19-1-2-19)48-30(43)21-3-5-23(32(37,38)39)26(13-21)41-50(44,45)12-9-42-7-10-46-11-8-42/h3-6,13-14,16,19,28,31,40-41H,1-2,7-12,15,17-18H2/p+1/t28-/m0/s1. The molecule has 0 aromatic heterocycles. The van der Waals surface area contributed by atoms with E-state index < -0.39 is 57.5 Å². The minimum atomic E-state index is -4.96. The topological polar surface area (TPSA) is 120 Å². The van der Waals surface area contributed by atoms with Crippen molar-refractivity contribution in [3.8, 4) is 11.5 Å². The Morgan fingerprint density at radius 2 is 1.82 bits per heavy atom. The van der Waals surface area contributed by atoms with Gasteiger partial charge in [-0.25, -0.2) is 13.2 Å². The van der Waals surface area contributed by atoms with E-state index in [1.54, 1.807) is 11.5 Å². The van der Waals surface area contributed by atoms with E-state index in [2.05, 4.69) is 4.74 Å². The number of esters is 1. The third-order valence-electron chi connectivity index (χ3n) is 8.15. The number of sulfonamides is 1. The number of ether oxygens (including phenoxy) is 4. The fraction of sp³-hybridized carbons (Fsp3) is 0.469. The summed E-state index contributed by atoms with van der Waals surface area (Å²) in [5.74, 6) is -1.63. The van der Waals surface area contributed by atoms with E-state index in [1.807, 2.05) is 9.62 Å². The highest BCUT2D eigenvalue weighted by atomic mass is 35.5. The number of hydrogen-bond donors (Lipinski definition) is 2. The van der Waals surface area contributed by atoms with E-state index in [-0.39, 0.29) is 47.6 Å². The summed E-state index contributed by atoms with van der Waals surface area (Å²) in [7, 11) is -4.29. The number of carbonyl (C=O) groups is 1. The van der Waals surface area contributed by atoms with Crippen LogP contribution in [0.25, 0.3) is 0 Å². The number of halogens is 7. The lowest BCUT2D eigenvalue weighted by molar-refractivity contribution is -0.580. The van der Waals surface area contributed by atoms with Crippen molar-refractivity contribution in [3.63, 3.8) is 0 Å². The lowest BCUT2D eigenvalue weighted by Gasteiger charge is -2.26. The summed E-state index contributed by atoms with van der Waals surface area (Å²) < 4.78 is 118. The van der Waals surface area contributed by atoms with Crippen molar-refractivity contribution in [2.75, 3.05) is 56.5 Å². The van der Waals surface area contributed by atoms with E-state index in [0.717, 1.165) is 25.0 Å². The van der Waals surface area contributed by atoms with Crippen LogP contribution in [0.15, 0.2) is 58.2 Å². The van der Waals surface area contributed by atoms with Crippen LogP contribution in [0.2, 0.25) is 0 Å². The van der Waals surface area contributed by atoms with E-state index in [1.165, 1.54) is 18.2 Å². The molecule has 2 heterocycles. The molecule has 2 fully saturated rings. The Morgan fingerprint density at radius 1 is 1.08 bits per heavy atom. The molecule has 1 saturated carbocycles. The highest BCUT2D eigenvalue weighted by molar-refractivity contribution is 7.92. The van der Waals surface area contributed by atoms with Gasteiger partial charge in [0.25, 0.3) is 0 Å².